The first kappa shape index (κ1) is 22.8. The summed E-state index contributed by atoms with van der Waals surface area (Å²) in [5, 5.41) is 18.8. The average molecular weight is 440 g/mol. The molecule has 0 aliphatic heterocycles. The molecular formula is C20H20F3N3OS2. The molecule has 0 fully saturated rings. The van der Waals surface area contributed by atoms with E-state index in [9.17, 15) is 18.3 Å². The number of nitrogens with zero attached hydrogens (tertiary/aromatic N) is 3. The van der Waals surface area contributed by atoms with E-state index in [0.29, 0.717) is 11.4 Å². The van der Waals surface area contributed by atoms with Gasteiger partial charge in [-0.15, -0.1) is 0 Å². The summed E-state index contributed by atoms with van der Waals surface area (Å²) in [7, 11) is 1.56. The van der Waals surface area contributed by atoms with E-state index in [2.05, 4.69) is 12.6 Å². The van der Waals surface area contributed by atoms with Gasteiger partial charge in [-0.2, -0.15) is 31.1 Å². The summed E-state index contributed by atoms with van der Waals surface area (Å²) in [5.41, 5.74) is -1.20. The van der Waals surface area contributed by atoms with Crippen LogP contribution >= 0.6 is 24.8 Å². The third-order valence-corrected chi connectivity index (χ3v) is 5.63. The molecule has 154 valence electrons. The summed E-state index contributed by atoms with van der Waals surface area (Å²) in [5.74, 6) is 0.488. The standard InChI is InChI=1S/C20H20F3N3OS2/c1-19(2,12-28)26(14-6-8-16(27)9-7-14)18(29)25(3)15-5-4-13(11-24)17(10-15)20(21,22)23/h4-10,27-28H,12H2,1-3H3. The Morgan fingerprint density at radius 2 is 1.69 bits per heavy atom. The van der Waals surface area contributed by atoms with E-state index >= 15 is 0 Å². The van der Waals surface area contributed by atoms with Crippen molar-refractivity contribution in [2.75, 3.05) is 22.6 Å². The largest absolute Gasteiger partial charge is 0.508 e. The zero-order valence-corrected chi connectivity index (χ0v) is 17.7. The minimum atomic E-state index is -4.66. The number of phenolic OH excluding ortho intramolecular Hbond substituents is 1. The van der Waals surface area contributed by atoms with E-state index in [0.717, 1.165) is 12.1 Å². The summed E-state index contributed by atoms with van der Waals surface area (Å²) in [6.07, 6.45) is -4.66. The predicted molar refractivity (Wildman–Crippen MR) is 116 cm³/mol. The van der Waals surface area contributed by atoms with Crippen LogP contribution in [-0.2, 0) is 6.18 Å². The molecule has 0 atom stereocenters. The minimum absolute atomic E-state index is 0.0820. The van der Waals surface area contributed by atoms with Gasteiger partial charge in [0.2, 0.25) is 0 Å². The van der Waals surface area contributed by atoms with Gasteiger partial charge < -0.3 is 14.9 Å². The van der Waals surface area contributed by atoms with Crippen molar-refractivity contribution in [2.24, 2.45) is 0 Å². The predicted octanol–water partition coefficient (Wildman–Crippen LogP) is 5.22. The zero-order valence-electron chi connectivity index (χ0n) is 16.0. The van der Waals surface area contributed by atoms with E-state index < -0.39 is 22.8 Å². The number of aromatic hydroxyl groups is 1. The average Bonchev–Trinajstić information content (AvgIpc) is 2.67. The lowest BCUT2D eigenvalue weighted by Crippen LogP contribution is -2.54. The van der Waals surface area contributed by atoms with Gasteiger partial charge in [0.15, 0.2) is 5.11 Å². The molecule has 0 aliphatic carbocycles. The van der Waals surface area contributed by atoms with Crippen LogP contribution in [0, 0.1) is 11.3 Å². The van der Waals surface area contributed by atoms with Gasteiger partial charge in [0.25, 0.3) is 0 Å². The molecule has 0 saturated heterocycles. The third-order valence-electron chi connectivity index (χ3n) is 4.39. The maximum atomic E-state index is 13.3. The fourth-order valence-corrected chi connectivity index (χ4v) is 3.32. The number of thiol groups is 1. The molecule has 2 aromatic rings. The second-order valence-corrected chi connectivity index (χ2v) is 7.68. The van der Waals surface area contributed by atoms with Crippen molar-refractivity contribution in [1.82, 2.24) is 0 Å². The Balaban J connectivity index is 2.52. The van der Waals surface area contributed by atoms with Gasteiger partial charge in [-0.25, -0.2) is 0 Å². The molecule has 0 amide bonds. The van der Waals surface area contributed by atoms with Gasteiger partial charge in [0.1, 0.15) is 5.75 Å². The molecule has 0 saturated carbocycles. The highest BCUT2D eigenvalue weighted by atomic mass is 32.1. The van der Waals surface area contributed by atoms with E-state index in [1.165, 1.54) is 23.1 Å². The van der Waals surface area contributed by atoms with Crippen LogP contribution in [-0.4, -0.2) is 28.6 Å². The van der Waals surface area contributed by atoms with Crippen molar-refractivity contribution >= 4 is 41.3 Å². The first-order chi connectivity index (χ1) is 13.4. The number of anilines is 2. The number of nitriles is 1. The molecule has 2 aromatic carbocycles. The summed E-state index contributed by atoms with van der Waals surface area (Å²) in [6, 6.07) is 11.4. The molecule has 0 heterocycles. The van der Waals surface area contributed by atoms with E-state index in [-0.39, 0.29) is 16.5 Å². The van der Waals surface area contributed by atoms with Crippen molar-refractivity contribution in [1.29, 1.82) is 5.26 Å². The van der Waals surface area contributed by atoms with Crippen LogP contribution in [0.5, 0.6) is 5.75 Å². The molecule has 0 unspecified atom stereocenters. The van der Waals surface area contributed by atoms with Crippen molar-refractivity contribution < 1.29 is 18.3 Å². The van der Waals surface area contributed by atoms with Gasteiger partial charge in [-0.05, 0) is 68.5 Å². The Morgan fingerprint density at radius 1 is 1.14 bits per heavy atom. The Labute approximate surface area is 178 Å². The molecule has 0 aliphatic rings. The lowest BCUT2D eigenvalue weighted by Gasteiger charge is -2.42. The quantitative estimate of drug-likeness (QED) is 0.505. The molecular weight excluding hydrogens is 419 g/mol. The first-order valence-corrected chi connectivity index (χ1v) is 9.55. The highest BCUT2D eigenvalue weighted by molar-refractivity contribution is 7.81. The summed E-state index contributed by atoms with van der Waals surface area (Å²) in [4.78, 5) is 3.21. The molecule has 0 spiro atoms. The molecule has 9 heteroatoms. The SMILES string of the molecule is CN(C(=S)N(c1ccc(O)cc1)C(C)(C)CS)c1ccc(C#N)c(C(F)(F)F)c1. The number of halogens is 3. The van der Waals surface area contributed by atoms with Crippen LogP contribution in [0.15, 0.2) is 42.5 Å². The third kappa shape index (κ3) is 4.95. The number of benzene rings is 2. The van der Waals surface area contributed by atoms with E-state index in [1.807, 2.05) is 13.8 Å². The van der Waals surface area contributed by atoms with E-state index in [1.54, 1.807) is 30.1 Å². The summed E-state index contributed by atoms with van der Waals surface area (Å²) >= 11 is 10.0. The Kier molecular flexibility index (Phi) is 6.71. The lowest BCUT2D eigenvalue weighted by molar-refractivity contribution is -0.137. The van der Waals surface area contributed by atoms with Gasteiger partial charge in [-0.3, -0.25) is 0 Å². The summed E-state index contributed by atoms with van der Waals surface area (Å²) in [6.45, 7) is 3.79. The topological polar surface area (TPSA) is 50.5 Å². The maximum absolute atomic E-state index is 13.3. The monoisotopic (exact) mass is 439 g/mol. The van der Waals surface area contributed by atoms with Crippen LogP contribution in [0.1, 0.15) is 25.0 Å². The molecule has 4 nitrogen and oxygen atoms in total. The van der Waals surface area contributed by atoms with E-state index in [4.69, 9.17) is 17.5 Å². The fourth-order valence-electron chi connectivity index (χ4n) is 2.72. The number of thiocarbonyl (C=S) groups is 1. The van der Waals surface area contributed by atoms with Crippen LogP contribution in [0.25, 0.3) is 0 Å². The minimum Gasteiger partial charge on any atom is -0.508 e. The maximum Gasteiger partial charge on any atom is 0.417 e. The van der Waals surface area contributed by atoms with Crippen LogP contribution in [0.3, 0.4) is 0 Å². The molecule has 29 heavy (non-hydrogen) atoms. The smallest absolute Gasteiger partial charge is 0.417 e. The van der Waals surface area contributed by atoms with Crippen molar-refractivity contribution in [2.45, 2.75) is 25.6 Å². The number of phenols is 1. The van der Waals surface area contributed by atoms with Crippen molar-refractivity contribution in [3.8, 4) is 11.8 Å². The fraction of sp³-hybridized carbons (Fsp3) is 0.300. The second-order valence-electron chi connectivity index (χ2n) is 7.00. The first-order valence-electron chi connectivity index (χ1n) is 8.51. The summed E-state index contributed by atoms with van der Waals surface area (Å²) < 4.78 is 40.0. The normalized spacial score (nSPS) is 11.7. The number of hydrogen-bond acceptors (Lipinski definition) is 4. The number of hydrogen-bond donors (Lipinski definition) is 2. The Morgan fingerprint density at radius 3 is 2.17 bits per heavy atom. The highest BCUT2D eigenvalue weighted by Gasteiger charge is 2.35. The molecule has 2 rings (SSSR count). The van der Waals surface area contributed by atoms with Crippen LogP contribution < -0.4 is 9.80 Å². The molecule has 0 aromatic heterocycles. The van der Waals surface area contributed by atoms with Crippen molar-refractivity contribution in [3.63, 3.8) is 0 Å². The van der Waals surface area contributed by atoms with Gasteiger partial charge in [0, 0.05) is 24.2 Å². The lowest BCUT2D eigenvalue weighted by atomic mass is 10.0. The van der Waals surface area contributed by atoms with Gasteiger partial charge >= 0.3 is 6.18 Å². The van der Waals surface area contributed by atoms with Gasteiger partial charge in [-0.1, -0.05) is 0 Å². The molecule has 1 N–H and O–H groups in total. The van der Waals surface area contributed by atoms with Crippen molar-refractivity contribution in [3.05, 3.63) is 53.6 Å². The Bertz CT molecular complexity index is 937. The Hall–Kier alpha value is -2.44. The molecule has 0 radical (unpaired) electrons. The van der Waals surface area contributed by atoms with Crippen LogP contribution in [0.4, 0.5) is 24.5 Å². The molecule has 0 bridgehead atoms. The van der Waals surface area contributed by atoms with Crippen LogP contribution in [0.2, 0.25) is 0 Å². The van der Waals surface area contributed by atoms with Gasteiger partial charge in [0.05, 0.1) is 22.7 Å². The second kappa shape index (κ2) is 8.51. The zero-order chi connectivity index (χ0) is 22.0. The number of alkyl halides is 3. The highest BCUT2D eigenvalue weighted by Crippen LogP contribution is 2.35. The number of rotatable bonds is 4.